The van der Waals surface area contributed by atoms with Crippen LogP contribution in [0.1, 0.15) is 33.3 Å². The number of aromatic nitrogens is 3. The number of benzene rings is 2. The molecule has 5 aromatic rings. The van der Waals surface area contributed by atoms with E-state index in [4.69, 9.17) is 14.2 Å². The van der Waals surface area contributed by atoms with Crippen molar-refractivity contribution in [2.45, 2.75) is 13.8 Å². The van der Waals surface area contributed by atoms with Crippen molar-refractivity contribution in [1.82, 2.24) is 14.5 Å². The third-order valence-corrected chi connectivity index (χ3v) is 6.52. The summed E-state index contributed by atoms with van der Waals surface area (Å²) in [4.78, 5) is 47.7. The summed E-state index contributed by atoms with van der Waals surface area (Å²) >= 11 is 0. The Balaban J connectivity index is 1.42. The van der Waals surface area contributed by atoms with Gasteiger partial charge >= 0.3 is 0 Å². The lowest BCUT2D eigenvalue weighted by Crippen LogP contribution is -2.31. The molecule has 3 aromatic heterocycles. The van der Waals surface area contributed by atoms with Gasteiger partial charge < -0.3 is 19.5 Å². The first kappa shape index (κ1) is 28.0. The van der Waals surface area contributed by atoms with Crippen molar-refractivity contribution in [2.24, 2.45) is 0 Å². The van der Waals surface area contributed by atoms with Crippen LogP contribution in [0.3, 0.4) is 0 Å². The topological polar surface area (TPSA) is 122 Å². The second-order valence-electron chi connectivity index (χ2n) is 9.19. The number of Topliss-reactive ketones (excluding diaryl/α,β-unsaturated/α-hetero) is 1. The molecule has 5 rings (SSSR count). The van der Waals surface area contributed by atoms with E-state index in [1.807, 2.05) is 0 Å². The van der Waals surface area contributed by atoms with Crippen LogP contribution in [0.5, 0.6) is 23.1 Å². The van der Waals surface area contributed by atoms with E-state index in [0.29, 0.717) is 45.4 Å². The third kappa shape index (κ3) is 5.39. The summed E-state index contributed by atoms with van der Waals surface area (Å²) in [6, 6.07) is 16.3. The van der Waals surface area contributed by atoms with E-state index in [1.165, 1.54) is 56.0 Å². The van der Waals surface area contributed by atoms with Gasteiger partial charge in [0.1, 0.15) is 22.6 Å². The molecule has 3 heterocycles. The molecule has 0 atom stereocenters. The van der Waals surface area contributed by atoms with Crippen LogP contribution in [0, 0.1) is 12.7 Å². The fourth-order valence-corrected chi connectivity index (χ4v) is 4.44. The van der Waals surface area contributed by atoms with Crippen molar-refractivity contribution in [3.05, 3.63) is 106 Å². The van der Waals surface area contributed by atoms with Crippen LogP contribution < -0.4 is 25.1 Å². The van der Waals surface area contributed by atoms with Crippen molar-refractivity contribution >= 4 is 28.4 Å². The molecular weight excluding hydrogens is 543 g/mol. The van der Waals surface area contributed by atoms with E-state index in [0.717, 1.165) is 0 Å². The zero-order valence-corrected chi connectivity index (χ0v) is 23.1. The van der Waals surface area contributed by atoms with Crippen LogP contribution in [-0.2, 0) is 0 Å². The predicted molar refractivity (Wildman–Crippen MR) is 154 cm³/mol. The van der Waals surface area contributed by atoms with Gasteiger partial charge in [0.25, 0.3) is 17.3 Å². The number of nitrogens with zero attached hydrogens (tertiary/aromatic N) is 3. The van der Waals surface area contributed by atoms with E-state index in [-0.39, 0.29) is 22.8 Å². The molecule has 0 saturated heterocycles. The highest BCUT2D eigenvalue weighted by Crippen LogP contribution is 2.34. The van der Waals surface area contributed by atoms with Crippen molar-refractivity contribution in [2.75, 3.05) is 19.5 Å². The normalized spacial score (nSPS) is 10.8. The maximum atomic E-state index is 13.5. The van der Waals surface area contributed by atoms with Crippen LogP contribution in [0.15, 0.2) is 77.7 Å². The number of ketones is 1. The molecule has 11 heteroatoms. The number of carbonyl (C=O) groups excluding carboxylic acids is 2. The summed E-state index contributed by atoms with van der Waals surface area (Å²) < 4.78 is 31.3. The number of methoxy groups -OCH3 is 2. The number of carbonyl (C=O) groups is 2. The van der Waals surface area contributed by atoms with Gasteiger partial charge in [0.15, 0.2) is 17.3 Å². The Kier molecular flexibility index (Phi) is 7.65. The number of hydrogen-bond donors (Lipinski definition) is 1. The zero-order valence-electron chi connectivity index (χ0n) is 23.1. The number of ether oxygens (including phenoxy) is 3. The van der Waals surface area contributed by atoms with Crippen LogP contribution in [0.2, 0.25) is 0 Å². The molecule has 0 saturated carbocycles. The van der Waals surface area contributed by atoms with Gasteiger partial charge in [-0.15, -0.1) is 0 Å². The minimum absolute atomic E-state index is 0.195. The molecule has 0 spiro atoms. The average Bonchev–Trinajstić information content (AvgIpc) is 2.98. The first-order valence-electron chi connectivity index (χ1n) is 12.7. The van der Waals surface area contributed by atoms with Gasteiger partial charge in [0.05, 0.1) is 19.7 Å². The van der Waals surface area contributed by atoms with Gasteiger partial charge in [0, 0.05) is 41.0 Å². The Bertz CT molecular complexity index is 1890. The van der Waals surface area contributed by atoms with Crippen molar-refractivity contribution in [3.63, 3.8) is 0 Å². The highest BCUT2D eigenvalue weighted by Gasteiger charge is 2.21. The van der Waals surface area contributed by atoms with Crippen LogP contribution >= 0.6 is 0 Å². The molecule has 42 heavy (non-hydrogen) atoms. The summed E-state index contributed by atoms with van der Waals surface area (Å²) in [7, 11) is 2.99. The number of hydrogen-bond acceptors (Lipinski definition) is 8. The summed E-state index contributed by atoms with van der Waals surface area (Å²) in [6.07, 6.45) is 1.58. The number of nitrogens with one attached hydrogen (secondary N) is 1. The smallest absolute Gasteiger partial charge is 0.268 e. The molecule has 2 aromatic carbocycles. The van der Waals surface area contributed by atoms with Crippen LogP contribution in [-0.4, -0.2) is 40.4 Å². The van der Waals surface area contributed by atoms with Gasteiger partial charge in [-0.3, -0.25) is 23.9 Å². The lowest BCUT2D eigenvalue weighted by Gasteiger charge is -2.16. The molecule has 1 N–H and O–H groups in total. The fourth-order valence-electron chi connectivity index (χ4n) is 4.44. The molecule has 0 aliphatic carbocycles. The summed E-state index contributed by atoms with van der Waals surface area (Å²) in [5.74, 6) is 0.0727. The number of halogens is 1. The van der Waals surface area contributed by atoms with Crippen LogP contribution in [0.4, 0.5) is 10.1 Å². The Hall–Kier alpha value is -5.58. The quantitative estimate of drug-likeness (QED) is 0.244. The molecule has 0 fully saturated rings. The monoisotopic (exact) mass is 568 g/mol. The van der Waals surface area contributed by atoms with E-state index >= 15 is 0 Å². The second kappa shape index (κ2) is 11.5. The van der Waals surface area contributed by atoms with E-state index < -0.39 is 17.3 Å². The van der Waals surface area contributed by atoms with Gasteiger partial charge in [0.2, 0.25) is 0 Å². The first-order valence-corrected chi connectivity index (χ1v) is 12.7. The van der Waals surface area contributed by atoms with Gasteiger partial charge in [-0.1, -0.05) is 0 Å². The Labute approximate surface area is 239 Å². The SMILES string of the molecule is COc1cc2nccc(Oc3ccc(NC(=O)c4cc(C(C)=O)c(C)n(-c5ccc(F)cc5)c4=O)cc3)c2nc1OC. The summed E-state index contributed by atoms with van der Waals surface area (Å²) in [5.41, 5.74) is 1.36. The molecule has 10 nitrogen and oxygen atoms in total. The van der Waals surface area contributed by atoms with Gasteiger partial charge in [-0.2, -0.15) is 0 Å². The third-order valence-electron chi connectivity index (χ3n) is 6.52. The lowest BCUT2D eigenvalue weighted by atomic mass is 10.1. The molecule has 0 aliphatic rings. The Morgan fingerprint density at radius 1 is 0.905 bits per heavy atom. The molecular formula is C31H25FN4O6. The maximum Gasteiger partial charge on any atom is 0.268 e. The Morgan fingerprint density at radius 3 is 2.26 bits per heavy atom. The van der Waals surface area contributed by atoms with Crippen molar-refractivity contribution in [1.29, 1.82) is 0 Å². The summed E-state index contributed by atoms with van der Waals surface area (Å²) in [6.45, 7) is 2.94. The number of amides is 1. The molecule has 0 aliphatic heterocycles. The number of rotatable bonds is 8. The second-order valence-corrected chi connectivity index (χ2v) is 9.19. The standard InChI is InChI=1S/C31H25FN4O6/c1-17-23(18(2)37)15-24(31(39)36(17)21-9-5-19(32)6-10-21)29(38)34-20-7-11-22(12-8-20)42-26-13-14-33-25-16-27(40-3)30(41-4)35-28(25)26/h5-16H,1-4H3,(H,34,38). The van der Waals surface area contributed by atoms with Crippen molar-refractivity contribution < 1.29 is 28.2 Å². The molecule has 1 amide bonds. The maximum absolute atomic E-state index is 13.5. The van der Waals surface area contributed by atoms with Crippen LogP contribution in [0.25, 0.3) is 16.7 Å². The first-order chi connectivity index (χ1) is 20.2. The predicted octanol–water partition coefficient (Wildman–Crippen LogP) is 5.49. The Morgan fingerprint density at radius 2 is 1.62 bits per heavy atom. The minimum Gasteiger partial charge on any atom is -0.491 e. The number of pyridine rings is 3. The van der Waals surface area contributed by atoms with Gasteiger partial charge in [-0.25, -0.2) is 9.37 Å². The zero-order chi connectivity index (χ0) is 30.0. The number of fused-ring (bicyclic) bond motifs is 1. The number of anilines is 1. The fraction of sp³-hybridized carbons (Fsp3) is 0.129. The lowest BCUT2D eigenvalue weighted by molar-refractivity contribution is 0.101. The molecule has 0 radical (unpaired) electrons. The highest BCUT2D eigenvalue weighted by molar-refractivity contribution is 6.06. The molecule has 212 valence electrons. The molecule has 0 unspecified atom stereocenters. The van der Waals surface area contributed by atoms with Crippen molar-refractivity contribution in [3.8, 4) is 28.8 Å². The van der Waals surface area contributed by atoms with E-state index in [1.54, 1.807) is 49.5 Å². The van der Waals surface area contributed by atoms with E-state index in [9.17, 15) is 18.8 Å². The molecule has 0 bridgehead atoms. The van der Waals surface area contributed by atoms with Gasteiger partial charge in [-0.05, 0) is 68.4 Å². The minimum atomic E-state index is -0.711. The highest BCUT2D eigenvalue weighted by atomic mass is 19.1. The van der Waals surface area contributed by atoms with E-state index in [2.05, 4.69) is 15.3 Å². The largest absolute Gasteiger partial charge is 0.491 e. The summed E-state index contributed by atoms with van der Waals surface area (Å²) in [5, 5.41) is 2.69. The average molecular weight is 569 g/mol.